The molecular formula is C13H18N4O3. The minimum absolute atomic E-state index is 0.0811. The van der Waals surface area contributed by atoms with E-state index in [0.717, 1.165) is 18.4 Å². The quantitative estimate of drug-likeness (QED) is 0.859. The lowest BCUT2D eigenvalue weighted by Gasteiger charge is -2.28. The van der Waals surface area contributed by atoms with E-state index in [1.54, 1.807) is 29.2 Å². The zero-order valence-corrected chi connectivity index (χ0v) is 11.3. The van der Waals surface area contributed by atoms with E-state index >= 15 is 0 Å². The molecule has 20 heavy (non-hydrogen) atoms. The molecule has 2 fully saturated rings. The number of rotatable bonds is 3. The molecule has 7 nitrogen and oxygen atoms in total. The van der Waals surface area contributed by atoms with E-state index in [4.69, 9.17) is 0 Å². The van der Waals surface area contributed by atoms with Crippen LogP contribution < -0.4 is 0 Å². The zero-order valence-electron chi connectivity index (χ0n) is 11.3. The van der Waals surface area contributed by atoms with Gasteiger partial charge in [-0.3, -0.25) is 9.89 Å². The summed E-state index contributed by atoms with van der Waals surface area (Å²) < 4.78 is 0. The van der Waals surface area contributed by atoms with Crippen LogP contribution >= 0.6 is 0 Å². The molecule has 2 aliphatic rings. The van der Waals surface area contributed by atoms with Crippen molar-refractivity contribution in [1.29, 1.82) is 0 Å². The average molecular weight is 278 g/mol. The van der Waals surface area contributed by atoms with Crippen LogP contribution in [0.15, 0.2) is 12.4 Å². The van der Waals surface area contributed by atoms with Gasteiger partial charge in [0.2, 0.25) is 0 Å². The molecule has 0 aromatic carbocycles. The molecule has 1 aromatic rings. The monoisotopic (exact) mass is 278 g/mol. The zero-order chi connectivity index (χ0) is 14.3. The van der Waals surface area contributed by atoms with E-state index in [0.29, 0.717) is 13.0 Å². The number of H-pyrrole nitrogens is 1. The molecule has 3 atom stereocenters. The topological polar surface area (TPSA) is 89.5 Å². The number of carbonyl (C=O) groups excluding carboxylic acids is 1. The van der Waals surface area contributed by atoms with E-state index in [1.807, 2.05) is 0 Å². The van der Waals surface area contributed by atoms with Crippen molar-refractivity contribution in [2.45, 2.75) is 37.9 Å². The number of aromatic nitrogens is 2. The predicted molar refractivity (Wildman–Crippen MR) is 69.8 cm³/mol. The van der Waals surface area contributed by atoms with Gasteiger partial charge in [-0.15, -0.1) is 0 Å². The maximum atomic E-state index is 12.5. The standard InChI is InChI=1S/C13H18N4O3/c1-16(7-8-5-14-15-6-8)13(20)17-9-2-3-11(17)10(4-9)12(18)19/h5-6,9-11H,2-4,7H2,1H3,(H,14,15)(H,18,19). The third kappa shape index (κ3) is 2.03. The number of fused-ring (bicyclic) bond motifs is 2. The Kier molecular flexibility index (Phi) is 3.11. The van der Waals surface area contributed by atoms with Crippen LogP contribution in [0.4, 0.5) is 4.79 Å². The Balaban J connectivity index is 1.70. The lowest BCUT2D eigenvalue weighted by molar-refractivity contribution is -0.142. The molecule has 3 rings (SSSR count). The van der Waals surface area contributed by atoms with Crippen molar-refractivity contribution >= 4 is 12.0 Å². The summed E-state index contributed by atoms with van der Waals surface area (Å²) in [5.74, 6) is -1.19. The van der Waals surface area contributed by atoms with Crippen LogP contribution in [0.1, 0.15) is 24.8 Å². The first-order chi connectivity index (χ1) is 9.58. The molecule has 3 heterocycles. The van der Waals surface area contributed by atoms with E-state index in [9.17, 15) is 14.7 Å². The highest BCUT2D eigenvalue weighted by Gasteiger charge is 2.51. The third-order valence-corrected chi connectivity index (χ3v) is 4.38. The number of amides is 2. The van der Waals surface area contributed by atoms with Gasteiger partial charge in [0.25, 0.3) is 0 Å². The minimum Gasteiger partial charge on any atom is -0.481 e. The van der Waals surface area contributed by atoms with Crippen LogP contribution in [0.5, 0.6) is 0 Å². The van der Waals surface area contributed by atoms with Crippen LogP contribution in [0.25, 0.3) is 0 Å². The van der Waals surface area contributed by atoms with Crippen LogP contribution in [-0.4, -0.2) is 56.2 Å². The minimum atomic E-state index is -0.785. The van der Waals surface area contributed by atoms with E-state index in [1.165, 1.54) is 0 Å². The van der Waals surface area contributed by atoms with Gasteiger partial charge in [0.1, 0.15) is 0 Å². The van der Waals surface area contributed by atoms with Gasteiger partial charge in [-0.1, -0.05) is 0 Å². The molecule has 108 valence electrons. The van der Waals surface area contributed by atoms with Crippen molar-refractivity contribution in [3.8, 4) is 0 Å². The number of carbonyl (C=O) groups is 2. The first kappa shape index (κ1) is 13.0. The Hall–Kier alpha value is -2.05. The van der Waals surface area contributed by atoms with E-state index < -0.39 is 11.9 Å². The Morgan fingerprint density at radius 1 is 1.55 bits per heavy atom. The van der Waals surface area contributed by atoms with Crippen molar-refractivity contribution in [1.82, 2.24) is 20.0 Å². The number of nitrogens with one attached hydrogen (secondary N) is 1. The first-order valence-corrected chi connectivity index (χ1v) is 6.82. The molecule has 2 amide bonds. The summed E-state index contributed by atoms with van der Waals surface area (Å²) >= 11 is 0. The van der Waals surface area contributed by atoms with E-state index in [2.05, 4.69) is 10.2 Å². The molecule has 2 bridgehead atoms. The normalized spacial score (nSPS) is 27.9. The summed E-state index contributed by atoms with van der Waals surface area (Å²) in [6.45, 7) is 0.475. The first-order valence-electron chi connectivity index (χ1n) is 6.82. The highest BCUT2D eigenvalue weighted by atomic mass is 16.4. The Morgan fingerprint density at radius 2 is 2.35 bits per heavy atom. The van der Waals surface area contributed by atoms with Crippen LogP contribution in [0.3, 0.4) is 0 Å². The fraction of sp³-hybridized carbons (Fsp3) is 0.615. The van der Waals surface area contributed by atoms with Crippen molar-refractivity contribution < 1.29 is 14.7 Å². The average Bonchev–Trinajstić information content (AvgIpc) is 3.12. The molecule has 2 aliphatic heterocycles. The van der Waals surface area contributed by atoms with Gasteiger partial charge in [0.15, 0.2) is 0 Å². The van der Waals surface area contributed by atoms with Gasteiger partial charge < -0.3 is 14.9 Å². The van der Waals surface area contributed by atoms with Crippen molar-refractivity contribution in [3.05, 3.63) is 18.0 Å². The van der Waals surface area contributed by atoms with Crippen LogP contribution in [-0.2, 0) is 11.3 Å². The van der Waals surface area contributed by atoms with Crippen molar-refractivity contribution in [2.75, 3.05) is 7.05 Å². The summed E-state index contributed by atoms with van der Waals surface area (Å²) in [6.07, 6.45) is 5.74. The maximum absolute atomic E-state index is 12.5. The Labute approximate surface area is 116 Å². The van der Waals surface area contributed by atoms with Gasteiger partial charge in [-0.05, 0) is 19.3 Å². The summed E-state index contributed by atoms with van der Waals surface area (Å²) in [5.41, 5.74) is 0.933. The highest BCUT2D eigenvalue weighted by molar-refractivity contribution is 5.79. The molecule has 0 spiro atoms. The number of carboxylic acids is 1. The second kappa shape index (κ2) is 4.81. The van der Waals surface area contributed by atoms with Gasteiger partial charge in [0.05, 0.1) is 18.7 Å². The lowest BCUT2D eigenvalue weighted by atomic mass is 9.89. The molecular weight excluding hydrogens is 260 g/mol. The molecule has 2 N–H and O–H groups in total. The molecule has 3 unspecified atom stereocenters. The summed E-state index contributed by atoms with van der Waals surface area (Å²) in [4.78, 5) is 27.2. The Morgan fingerprint density at radius 3 is 2.95 bits per heavy atom. The molecule has 0 saturated carbocycles. The van der Waals surface area contributed by atoms with Crippen LogP contribution in [0.2, 0.25) is 0 Å². The third-order valence-electron chi connectivity index (χ3n) is 4.38. The summed E-state index contributed by atoms with van der Waals surface area (Å²) in [5, 5.41) is 15.8. The smallest absolute Gasteiger partial charge is 0.320 e. The Bertz CT molecular complexity index is 516. The highest BCUT2D eigenvalue weighted by Crippen LogP contribution is 2.42. The number of hydrogen-bond donors (Lipinski definition) is 2. The van der Waals surface area contributed by atoms with Crippen molar-refractivity contribution in [2.24, 2.45) is 5.92 Å². The number of aliphatic carboxylic acids is 1. The molecule has 2 saturated heterocycles. The van der Waals surface area contributed by atoms with Gasteiger partial charge in [0, 0.05) is 30.9 Å². The fourth-order valence-corrected chi connectivity index (χ4v) is 3.45. The molecule has 0 aliphatic carbocycles. The van der Waals surface area contributed by atoms with Gasteiger partial charge >= 0.3 is 12.0 Å². The predicted octanol–water partition coefficient (Wildman–Crippen LogP) is 0.899. The van der Waals surface area contributed by atoms with Gasteiger partial charge in [-0.2, -0.15) is 5.10 Å². The second-order valence-corrected chi connectivity index (χ2v) is 5.63. The van der Waals surface area contributed by atoms with Crippen molar-refractivity contribution in [3.63, 3.8) is 0 Å². The summed E-state index contributed by atoms with van der Waals surface area (Å²) in [7, 11) is 1.74. The van der Waals surface area contributed by atoms with Crippen LogP contribution in [0, 0.1) is 5.92 Å². The fourth-order valence-electron chi connectivity index (χ4n) is 3.45. The number of urea groups is 1. The largest absolute Gasteiger partial charge is 0.481 e. The number of carboxylic acid groups (broad SMARTS) is 1. The summed E-state index contributed by atoms with van der Waals surface area (Å²) in [6, 6.07) is -0.139. The van der Waals surface area contributed by atoms with Gasteiger partial charge in [-0.25, -0.2) is 4.79 Å². The number of aromatic amines is 1. The number of nitrogens with zero attached hydrogens (tertiary/aromatic N) is 3. The SMILES string of the molecule is CN(Cc1cn[nH]c1)C(=O)N1C2CCC1C(C(=O)O)C2. The lowest BCUT2D eigenvalue weighted by Crippen LogP contribution is -2.44. The molecule has 0 radical (unpaired) electrons. The maximum Gasteiger partial charge on any atom is 0.320 e. The second-order valence-electron chi connectivity index (χ2n) is 5.63. The number of hydrogen-bond acceptors (Lipinski definition) is 3. The molecule has 7 heteroatoms. The van der Waals surface area contributed by atoms with E-state index in [-0.39, 0.29) is 18.1 Å². The molecule has 1 aromatic heterocycles.